The van der Waals surface area contributed by atoms with E-state index in [0.29, 0.717) is 31.1 Å². The number of rotatable bonds is 1. The maximum Gasteiger partial charge on any atom is 0.161 e. The molecule has 0 spiro atoms. The molecule has 0 aliphatic heterocycles. The first-order valence-electron chi connectivity index (χ1n) is 10.2. The summed E-state index contributed by atoms with van der Waals surface area (Å²) < 4.78 is 0. The molecule has 8 atom stereocenters. The first kappa shape index (κ1) is 18.4. The molecule has 4 aliphatic carbocycles. The van der Waals surface area contributed by atoms with Gasteiger partial charge in [-0.05, 0) is 74.2 Å². The molecule has 0 unspecified atom stereocenters. The highest BCUT2D eigenvalue weighted by Crippen LogP contribution is 2.68. The molecular weight excluding hydrogens is 328 g/mol. The lowest BCUT2D eigenvalue weighted by molar-refractivity contribution is -0.181. The van der Waals surface area contributed by atoms with E-state index in [1.807, 2.05) is 13.0 Å². The van der Waals surface area contributed by atoms with Gasteiger partial charge in [0.1, 0.15) is 5.60 Å². The number of carbonyl (C=O) groups is 2. The van der Waals surface area contributed by atoms with Crippen LogP contribution in [0, 0.1) is 34.5 Å². The fraction of sp³-hybridized carbons (Fsp3) is 0.818. The molecule has 0 heterocycles. The Kier molecular flexibility index (Phi) is 3.89. The van der Waals surface area contributed by atoms with E-state index in [1.165, 1.54) is 12.5 Å². The van der Waals surface area contributed by atoms with E-state index < -0.39 is 17.1 Å². The average Bonchev–Trinajstić information content (AvgIpc) is 2.81. The molecule has 0 aromatic carbocycles. The summed E-state index contributed by atoms with van der Waals surface area (Å²) in [6, 6.07) is 0. The molecule has 4 heteroatoms. The van der Waals surface area contributed by atoms with Gasteiger partial charge in [-0.3, -0.25) is 9.59 Å². The Balaban J connectivity index is 1.79. The Bertz CT molecular complexity index is 696. The molecule has 0 radical (unpaired) electrons. The van der Waals surface area contributed by atoms with E-state index in [-0.39, 0.29) is 28.8 Å². The number of allylic oxidation sites excluding steroid dienone is 1. The fourth-order valence-corrected chi connectivity index (χ4v) is 7.70. The maximum atomic E-state index is 12.3. The minimum Gasteiger partial charge on any atom is -0.393 e. The fourth-order valence-electron chi connectivity index (χ4n) is 7.70. The van der Waals surface area contributed by atoms with Crippen molar-refractivity contribution in [2.24, 2.45) is 34.5 Å². The van der Waals surface area contributed by atoms with Crippen LogP contribution in [0.25, 0.3) is 0 Å². The van der Waals surface area contributed by atoms with E-state index in [4.69, 9.17) is 0 Å². The van der Waals surface area contributed by atoms with Gasteiger partial charge in [0.15, 0.2) is 11.6 Å². The zero-order valence-corrected chi connectivity index (χ0v) is 16.4. The van der Waals surface area contributed by atoms with Crippen molar-refractivity contribution >= 4 is 11.6 Å². The van der Waals surface area contributed by atoms with Gasteiger partial charge in [0, 0.05) is 11.8 Å². The van der Waals surface area contributed by atoms with Crippen molar-refractivity contribution in [2.75, 3.05) is 0 Å². The van der Waals surface area contributed by atoms with E-state index in [0.717, 1.165) is 19.3 Å². The van der Waals surface area contributed by atoms with Gasteiger partial charge in [0.05, 0.1) is 6.10 Å². The number of ketones is 2. The maximum absolute atomic E-state index is 12.3. The summed E-state index contributed by atoms with van der Waals surface area (Å²) in [6.45, 7) is 7.94. The third kappa shape index (κ3) is 2.09. The van der Waals surface area contributed by atoms with Gasteiger partial charge in [-0.1, -0.05) is 26.3 Å². The Morgan fingerprint density at radius 2 is 1.96 bits per heavy atom. The van der Waals surface area contributed by atoms with Crippen molar-refractivity contribution in [1.29, 1.82) is 0 Å². The van der Waals surface area contributed by atoms with Gasteiger partial charge in [0.2, 0.25) is 0 Å². The molecule has 0 aromatic rings. The molecule has 26 heavy (non-hydrogen) atoms. The Hall–Kier alpha value is -1.00. The van der Waals surface area contributed by atoms with Gasteiger partial charge >= 0.3 is 0 Å². The van der Waals surface area contributed by atoms with Gasteiger partial charge in [0.25, 0.3) is 0 Å². The Morgan fingerprint density at radius 3 is 2.62 bits per heavy atom. The smallest absolute Gasteiger partial charge is 0.161 e. The second kappa shape index (κ2) is 5.51. The quantitative estimate of drug-likeness (QED) is 0.754. The zero-order chi connectivity index (χ0) is 19.1. The van der Waals surface area contributed by atoms with Crippen LogP contribution in [0.3, 0.4) is 0 Å². The summed E-state index contributed by atoms with van der Waals surface area (Å²) >= 11 is 0. The Labute approximate surface area is 156 Å². The van der Waals surface area contributed by atoms with Crippen molar-refractivity contribution in [1.82, 2.24) is 0 Å². The van der Waals surface area contributed by atoms with Crippen molar-refractivity contribution in [3.8, 4) is 0 Å². The number of aliphatic hydroxyl groups is 2. The molecule has 144 valence electrons. The number of carbonyl (C=O) groups excluding carboxylic acids is 2. The van der Waals surface area contributed by atoms with Crippen LogP contribution in [0.2, 0.25) is 0 Å². The number of aliphatic hydroxyl groups excluding tert-OH is 1. The third-order valence-corrected chi connectivity index (χ3v) is 8.95. The van der Waals surface area contributed by atoms with Gasteiger partial charge < -0.3 is 10.2 Å². The normalized spacial score (nSPS) is 53.4. The summed E-state index contributed by atoms with van der Waals surface area (Å²) in [6.07, 6.45) is 5.44. The van der Waals surface area contributed by atoms with Crippen molar-refractivity contribution < 1.29 is 19.8 Å². The molecule has 2 N–H and O–H groups in total. The lowest BCUT2D eigenvalue weighted by atomic mass is 9.44. The number of hydrogen-bond acceptors (Lipinski definition) is 4. The second-order valence-corrected chi connectivity index (χ2v) is 10.1. The molecule has 4 aliphatic rings. The number of Topliss-reactive ketones (excluding diaryl/α,β-unsaturated/α-hetero) is 1. The summed E-state index contributed by atoms with van der Waals surface area (Å²) in [5.41, 5.74) is -0.792. The molecule has 3 saturated carbocycles. The predicted octanol–water partition coefficient (Wildman–Crippen LogP) is 3.06. The molecule has 0 saturated heterocycles. The summed E-state index contributed by atoms with van der Waals surface area (Å²) in [7, 11) is 0. The molecule has 4 nitrogen and oxygen atoms in total. The van der Waals surface area contributed by atoms with Crippen LogP contribution in [0.5, 0.6) is 0 Å². The van der Waals surface area contributed by atoms with Crippen LogP contribution in [-0.2, 0) is 9.59 Å². The lowest BCUT2D eigenvalue weighted by Crippen LogP contribution is -2.62. The average molecular weight is 360 g/mol. The summed E-state index contributed by atoms with van der Waals surface area (Å²) in [4.78, 5) is 24.3. The van der Waals surface area contributed by atoms with E-state index in [2.05, 4.69) is 13.8 Å². The van der Waals surface area contributed by atoms with Crippen LogP contribution in [0.15, 0.2) is 11.6 Å². The topological polar surface area (TPSA) is 74.6 Å². The molecule has 4 rings (SSSR count). The number of hydrogen-bond donors (Lipinski definition) is 2. The van der Waals surface area contributed by atoms with Crippen LogP contribution in [-0.4, -0.2) is 33.5 Å². The third-order valence-electron chi connectivity index (χ3n) is 8.95. The van der Waals surface area contributed by atoms with Crippen molar-refractivity contribution in [3.05, 3.63) is 11.6 Å². The van der Waals surface area contributed by atoms with E-state index in [1.54, 1.807) is 0 Å². The van der Waals surface area contributed by atoms with Crippen LogP contribution in [0.4, 0.5) is 0 Å². The molecule has 3 fully saturated rings. The highest BCUT2D eigenvalue weighted by molar-refractivity contribution is 5.91. The van der Waals surface area contributed by atoms with Gasteiger partial charge in [-0.15, -0.1) is 0 Å². The monoisotopic (exact) mass is 360 g/mol. The molecule has 0 amide bonds. The largest absolute Gasteiger partial charge is 0.393 e. The summed E-state index contributed by atoms with van der Waals surface area (Å²) in [5.74, 6) is 1.03. The van der Waals surface area contributed by atoms with E-state index >= 15 is 0 Å². The van der Waals surface area contributed by atoms with Crippen molar-refractivity contribution in [2.45, 2.75) is 77.9 Å². The highest BCUT2D eigenvalue weighted by Gasteiger charge is 2.68. The van der Waals surface area contributed by atoms with Crippen LogP contribution in [0.1, 0.15) is 66.2 Å². The molecular formula is C22H32O4. The van der Waals surface area contributed by atoms with Crippen LogP contribution >= 0.6 is 0 Å². The predicted molar refractivity (Wildman–Crippen MR) is 98.3 cm³/mol. The standard InChI is InChI=1S/C22H32O4/c1-12-9-15-16-6-8-22(26,13(2)23)21(16,4)11-18(25)19(15)20(3)7-5-14(24)10-17(12)20/h10,12,15-16,18-19,25-26H,5-9,11H2,1-4H3/t12-,15-,16+,18+,19-,20-,21+,22-/m0/s1. The van der Waals surface area contributed by atoms with E-state index in [9.17, 15) is 19.8 Å². The minimum absolute atomic E-state index is 0.116. The SMILES string of the molecule is CC(=O)[C@@]1(O)CC[C@@H]2[C@@H]3C[C@H](C)C4=CC(=O)CC[C@]4(C)[C@@H]3[C@H](O)C[C@]21C. The second-order valence-electron chi connectivity index (χ2n) is 10.1. The number of fused-ring (bicyclic) bond motifs is 5. The van der Waals surface area contributed by atoms with Crippen molar-refractivity contribution in [3.63, 3.8) is 0 Å². The van der Waals surface area contributed by atoms with Crippen LogP contribution < -0.4 is 0 Å². The highest BCUT2D eigenvalue weighted by atomic mass is 16.3. The molecule has 0 aromatic heterocycles. The minimum atomic E-state index is -1.31. The van der Waals surface area contributed by atoms with Gasteiger partial charge in [-0.2, -0.15) is 0 Å². The zero-order valence-electron chi connectivity index (χ0n) is 16.4. The lowest BCUT2D eigenvalue weighted by Gasteiger charge is -2.61. The van der Waals surface area contributed by atoms with Gasteiger partial charge in [-0.25, -0.2) is 0 Å². The first-order valence-corrected chi connectivity index (χ1v) is 10.2. The Morgan fingerprint density at radius 1 is 1.27 bits per heavy atom. The summed E-state index contributed by atoms with van der Waals surface area (Å²) in [5, 5.41) is 22.5. The molecule has 0 bridgehead atoms. The first-order chi connectivity index (χ1) is 12.0.